The maximum absolute atomic E-state index is 12.7. The summed E-state index contributed by atoms with van der Waals surface area (Å²) in [7, 11) is 0. The van der Waals surface area contributed by atoms with Gasteiger partial charge in [-0.25, -0.2) is 9.29 Å². The molecular formula is C21H20N4O2S. The van der Waals surface area contributed by atoms with Crippen molar-refractivity contribution in [2.45, 2.75) is 10.9 Å². The van der Waals surface area contributed by atoms with Crippen molar-refractivity contribution in [3.63, 3.8) is 0 Å². The zero-order valence-corrected chi connectivity index (χ0v) is 16.1. The number of amides is 1. The van der Waals surface area contributed by atoms with Crippen molar-refractivity contribution in [3.05, 3.63) is 70.9 Å². The van der Waals surface area contributed by atoms with Crippen LogP contribution < -0.4 is 0 Å². The molecule has 0 aliphatic carbocycles. The molecule has 0 spiro atoms. The van der Waals surface area contributed by atoms with Gasteiger partial charge in [0, 0.05) is 32.4 Å². The molecular weight excluding hydrogens is 372 g/mol. The number of benzene rings is 1. The minimum Gasteiger partial charge on any atom is -0.395 e. The summed E-state index contributed by atoms with van der Waals surface area (Å²) >= 11 is 1.58. The highest BCUT2D eigenvalue weighted by molar-refractivity contribution is 7.97. The van der Waals surface area contributed by atoms with E-state index >= 15 is 0 Å². The summed E-state index contributed by atoms with van der Waals surface area (Å²) < 4.78 is 2.21. The van der Waals surface area contributed by atoms with Crippen LogP contribution >= 0.6 is 11.9 Å². The lowest BCUT2D eigenvalue weighted by Crippen LogP contribution is -2.50. The summed E-state index contributed by atoms with van der Waals surface area (Å²) in [5, 5.41) is 19.4. The van der Waals surface area contributed by atoms with Crippen LogP contribution in [0.1, 0.15) is 17.0 Å². The molecule has 2 aliphatic heterocycles. The van der Waals surface area contributed by atoms with Crippen LogP contribution in [-0.2, 0) is 4.79 Å². The fourth-order valence-electron chi connectivity index (χ4n) is 3.33. The van der Waals surface area contributed by atoms with Gasteiger partial charge in [0.15, 0.2) is 0 Å². The number of likely N-dealkylation sites (tertiary alicyclic amines) is 1. The van der Waals surface area contributed by atoms with Crippen molar-refractivity contribution in [2.75, 3.05) is 32.8 Å². The van der Waals surface area contributed by atoms with Crippen molar-refractivity contribution >= 4 is 17.9 Å². The van der Waals surface area contributed by atoms with E-state index in [1.807, 2.05) is 41.3 Å². The zero-order valence-electron chi connectivity index (χ0n) is 15.3. The van der Waals surface area contributed by atoms with Crippen LogP contribution in [0.2, 0.25) is 0 Å². The number of aromatic nitrogens is 1. The molecule has 2 saturated heterocycles. The Morgan fingerprint density at radius 3 is 2.46 bits per heavy atom. The van der Waals surface area contributed by atoms with Gasteiger partial charge in [-0.15, -0.1) is 0 Å². The zero-order chi connectivity index (χ0) is 19.5. The summed E-state index contributed by atoms with van der Waals surface area (Å²) in [4.78, 5) is 18.8. The number of aliphatic hydroxyl groups excluding tert-OH is 1. The summed E-state index contributed by atoms with van der Waals surface area (Å²) in [5.74, 6) is -0.492. The van der Waals surface area contributed by atoms with E-state index in [1.165, 1.54) is 11.1 Å². The minimum atomic E-state index is -0.483. The Morgan fingerprint density at radius 2 is 1.86 bits per heavy atom. The summed E-state index contributed by atoms with van der Waals surface area (Å²) in [6.45, 7) is 2.88. The molecule has 6 nitrogen and oxygen atoms in total. The average Bonchev–Trinajstić information content (AvgIpc) is 2.66. The number of carbonyl (C=O) groups is 1. The first-order chi connectivity index (χ1) is 13.7. The standard InChI is InChI=1S/C21H20N4O2S/c22-8-15-6-7-20(23-9-15)28-25-12-18(13-25)17-10-24(11-17)21(27)19(14-26)16-4-2-1-3-5-16/h1-7,9,19,26H,10-14H2. The normalized spacial score (nSPS) is 17.5. The predicted molar refractivity (Wildman–Crippen MR) is 106 cm³/mol. The van der Waals surface area contributed by atoms with Gasteiger partial charge in [0.05, 0.1) is 18.1 Å². The number of carbonyl (C=O) groups excluding carboxylic acids is 1. The molecule has 1 aromatic heterocycles. The molecule has 3 heterocycles. The largest absolute Gasteiger partial charge is 0.395 e. The molecule has 7 heteroatoms. The third-order valence-electron chi connectivity index (χ3n) is 5.08. The fourth-order valence-corrected chi connectivity index (χ4v) is 4.26. The quantitative estimate of drug-likeness (QED) is 0.621. The second kappa shape index (κ2) is 8.15. The van der Waals surface area contributed by atoms with Gasteiger partial charge in [-0.05, 0) is 40.8 Å². The molecule has 1 amide bonds. The summed E-state index contributed by atoms with van der Waals surface area (Å²) in [6, 6.07) is 15.1. The second-order valence-corrected chi connectivity index (χ2v) is 8.05. The van der Waals surface area contributed by atoms with E-state index in [0.717, 1.165) is 23.7 Å². The monoisotopic (exact) mass is 392 g/mol. The highest BCUT2D eigenvalue weighted by atomic mass is 32.2. The minimum absolute atomic E-state index is 0.00890. The third kappa shape index (κ3) is 3.80. The van der Waals surface area contributed by atoms with Gasteiger partial charge in [-0.2, -0.15) is 5.26 Å². The van der Waals surface area contributed by atoms with Crippen LogP contribution in [0.3, 0.4) is 0 Å². The maximum atomic E-state index is 12.7. The van der Waals surface area contributed by atoms with Crippen LogP contribution in [-0.4, -0.2) is 58.0 Å². The first-order valence-corrected chi connectivity index (χ1v) is 9.88. The van der Waals surface area contributed by atoms with Crippen LogP contribution in [0.25, 0.3) is 0 Å². The van der Waals surface area contributed by atoms with Gasteiger partial charge < -0.3 is 10.0 Å². The van der Waals surface area contributed by atoms with E-state index in [2.05, 4.69) is 15.4 Å². The Bertz CT molecular complexity index is 921. The molecule has 1 aromatic carbocycles. The molecule has 0 bridgehead atoms. The van der Waals surface area contributed by atoms with Gasteiger partial charge >= 0.3 is 0 Å². The van der Waals surface area contributed by atoms with Crippen molar-refractivity contribution < 1.29 is 9.90 Å². The molecule has 1 N–H and O–H groups in total. The van der Waals surface area contributed by atoms with Crippen LogP contribution in [0.15, 0.2) is 64.8 Å². The van der Waals surface area contributed by atoms with E-state index in [1.54, 1.807) is 24.2 Å². The highest BCUT2D eigenvalue weighted by Crippen LogP contribution is 2.33. The Hall–Kier alpha value is -2.66. The molecule has 2 aromatic rings. The van der Waals surface area contributed by atoms with E-state index in [-0.39, 0.29) is 12.5 Å². The molecule has 0 saturated carbocycles. The number of pyridine rings is 1. The molecule has 28 heavy (non-hydrogen) atoms. The number of nitriles is 1. The number of hydrogen-bond donors (Lipinski definition) is 1. The van der Waals surface area contributed by atoms with Crippen LogP contribution in [0.4, 0.5) is 0 Å². The fraction of sp³-hybridized carbons (Fsp3) is 0.286. The van der Waals surface area contributed by atoms with Gasteiger partial charge in [0.2, 0.25) is 5.91 Å². The van der Waals surface area contributed by atoms with Crippen molar-refractivity contribution in [3.8, 4) is 6.07 Å². The molecule has 1 unspecified atom stereocenters. The maximum Gasteiger partial charge on any atom is 0.233 e. The predicted octanol–water partition coefficient (Wildman–Crippen LogP) is 2.19. The van der Waals surface area contributed by atoms with E-state index in [9.17, 15) is 9.90 Å². The van der Waals surface area contributed by atoms with Crippen molar-refractivity contribution in [2.24, 2.45) is 0 Å². The number of aliphatic hydroxyl groups is 1. The Balaban J connectivity index is 1.29. The smallest absolute Gasteiger partial charge is 0.233 e. The molecule has 2 aliphatic rings. The number of hydrogen-bond acceptors (Lipinski definition) is 6. The third-order valence-corrected chi connectivity index (χ3v) is 6.03. The lowest BCUT2D eigenvalue weighted by Gasteiger charge is -2.42. The first kappa shape index (κ1) is 18.7. The topological polar surface area (TPSA) is 80.5 Å². The Morgan fingerprint density at radius 1 is 1.14 bits per heavy atom. The van der Waals surface area contributed by atoms with E-state index in [0.29, 0.717) is 18.7 Å². The second-order valence-electron chi connectivity index (χ2n) is 6.93. The van der Waals surface area contributed by atoms with Crippen LogP contribution in [0.5, 0.6) is 0 Å². The SMILES string of the molecule is N#Cc1ccc(SN2CC(=C3CN(C(=O)C(CO)c4ccccc4)C3)C2)nc1. The van der Waals surface area contributed by atoms with Crippen molar-refractivity contribution in [1.82, 2.24) is 14.2 Å². The first-order valence-electron chi connectivity index (χ1n) is 9.11. The van der Waals surface area contributed by atoms with Crippen LogP contribution in [0, 0.1) is 11.3 Å². The Kier molecular flexibility index (Phi) is 5.44. The average molecular weight is 392 g/mol. The molecule has 142 valence electrons. The molecule has 1 atom stereocenters. The highest BCUT2D eigenvalue weighted by Gasteiger charge is 2.35. The lowest BCUT2D eigenvalue weighted by molar-refractivity contribution is -0.135. The molecule has 2 fully saturated rings. The lowest BCUT2D eigenvalue weighted by atomic mass is 9.92. The summed E-state index contributed by atoms with van der Waals surface area (Å²) in [6.07, 6.45) is 1.58. The number of rotatable bonds is 5. The van der Waals surface area contributed by atoms with Gasteiger partial charge in [0.25, 0.3) is 0 Å². The van der Waals surface area contributed by atoms with Gasteiger partial charge in [-0.3, -0.25) is 4.79 Å². The molecule has 4 rings (SSSR count). The molecule has 0 radical (unpaired) electrons. The van der Waals surface area contributed by atoms with Crippen molar-refractivity contribution in [1.29, 1.82) is 5.26 Å². The van der Waals surface area contributed by atoms with Gasteiger partial charge in [0.1, 0.15) is 11.1 Å². The van der Waals surface area contributed by atoms with Gasteiger partial charge in [-0.1, -0.05) is 30.3 Å². The van der Waals surface area contributed by atoms with E-state index in [4.69, 9.17) is 5.26 Å². The number of nitrogens with zero attached hydrogens (tertiary/aromatic N) is 4. The Labute approximate surface area is 168 Å². The van der Waals surface area contributed by atoms with E-state index < -0.39 is 5.92 Å². The summed E-state index contributed by atoms with van der Waals surface area (Å²) in [5.41, 5.74) is 4.12.